The Hall–Kier alpha value is -3.01. The van der Waals surface area contributed by atoms with Crippen LogP contribution < -0.4 is 4.74 Å². The van der Waals surface area contributed by atoms with Crippen LogP contribution in [-0.2, 0) is 6.42 Å². The van der Waals surface area contributed by atoms with Crippen molar-refractivity contribution in [2.75, 3.05) is 0 Å². The topological polar surface area (TPSA) is 66.8 Å². The van der Waals surface area contributed by atoms with E-state index in [4.69, 9.17) is 4.74 Å². The quantitative estimate of drug-likeness (QED) is 0.549. The molecule has 0 spiro atoms. The van der Waals surface area contributed by atoms with Gasteiger partial charge in [0.25, 0.3) is 0 Å². The normalized spacial score (nSPS) is 16.1. The molecule has 30 heavy (non-hydrogen) atoms. The first-order chi connectivity index (χ1) is 14.3. The van der Waals surface area contributed by atoms with E-state index in [9.17, 15) is 15.0 Å². The van der Waals surface area contributed by atoms with Gasteiger partial charge in [0.05, 0.1) is 6.42 Å². The van der Waals surface area contributed by atoms with Gasteiger partial charge in [-0.1, -0.05) is 53.1 Å². The number of phenolic OH excluding ortho intramolecular Hbond substituents is 2. The number of allylic oxidation sites excluding steroid dienone is 4. The number of carbonyl (C=O) groups excluding carboxylic acids is 1. The molecule has 3 rings (SSSR count). The lowest BCUT2D eigenvalue weighted by Gasteiger charge is -2.27. The smallest absolute Gasteiger partial charge is 0.174 e. The highest BCUT2D eigenvalue weighted by atomic mass is 16.5. The van der Waals surface area contributed by atoms with Gasteiger partial charge in [0, 0.05) is 11.6 Å². The van der Waals surface area contributed by atoms with Crippen molar-refractivity contribution in [1.82, 2.24) is 0 Å². The van der Waals surface area contributed by atoms with Crippen LogP contribution in [0.5, 0.6) is 17.2 Å². The second-order valence-electron chi connectivity index (χ2n) is 8.32. The lowest BCUT2D eigenvalue weighted by atomic mass is 9.92. The van der Waals surface area contributed by atoms with Gasteiger partial charge in [-0.25, -0.2) is 0 Å². The van der Waals surface area contributed by atoms with Crippen molar-refractivity contribution in [3.05, 3.63) is 75.9 Å². The number of ether oxygens (including phenoxy) is 1. The first-order valence-electron chi connectivity index (χ1n) is 10.4. The number of carbonyl (C=O) groups is 1. The van der Waals surface area contributed by atoms with Gasteiger partial charge in [-0.05, 0) is 52.5 Å². The average Bonchev–Trinajstić information content (AvgIpc) is 2.67. The molecule has 0 aliphatic carbocycles. The Bertz CT molecular complexity index is 993. The predicted molar refractivity (Wildman–Crippen MR) is 119 cm³/mol. The summed E-state index contributed by atoms with van der Waals surface area (Å²) in [7, 11) is 0. The molecule has 2 aromatic carbocycles. The second-order valence-corrected chi connectivity index (χ2v) is 8.32. The number of fused-ring (bicyclic) bond motifs is 1. The van der Waals surface area contributed by atoms with E-state index in [2.05, 4.69) is 19.9 Å². The molecule has 0 saturated heterocycles. The number of aromatic hydroxyl groups is 2. The van der Waals surface area contributed by atoms with E-state index < -0.39 is 6.10 Å². The Balaban J connectivity index is 1.82. The minimum Gasteiger partial charge on any atom is -0.507 e. The van der Waals surface area contributed by atoms with Crippen molar-refractivity contribution >= 4 is 5.78 Å². The molecule has 0 amide bonds. The molecule has 158 valence electrons. The lowest BCUT2D eigenvalue weighted by molar-refractivity contribution is 0.0844. The van der Waals surface area contributed by atoms with E-state index in [1.165, 1.54) is 17.2 Å². The summed E-state index contributed by atoms with van der Waals surface area (Å²) in [4.78, 5) is 12.8. The lowest BCUT2D eigenvalue weighted by Crippen LogP contribution is -2.21. The van der Waals surface area contributed by atoms with Crippen LogP contribution in [0.25, 0.3) is 0 Å². The highest BCUT2D eigenvalue weighted by molar-refractivity contribution is 6.03. The molecular formula is C26H30O4. The van der Waals surface area contributed by atoms with Gasteiger partial charge in [-0.2, -0.15) is 0 Å². The maximum Gasteiger partial charge on any atom is 0.174 e. The zero-order valence-electron chi connectivity index (χ0n) is 18.2. The molecule has 1 unspecified atom stereocenters. The zero-order valence-corrected chi connectivity index (χ0v) is 18.2. The Morgan fingerprint density at radius 2 is 1.83 bits per heavy atom. The molecule has 4 nitrogen and oxygen atoms in total. The Labute approximate surface area is 178 Å². The van der Waals surface area contributed by atoms with Gasteiger partial charge in [0.2, 0.25) is 0 Å². The third-order valence-electron chi connectivity index (χ3n) is 5.46. The summed E-state index contributed by atoms with van der Waals surface area (Å²) in [5.41, 5.74) is 5.02. The molecule has 1 aliphatic heterocycles. The molecule has 0 saturated carbocycles. The van der Waals surface area contributed by atoms with Crippen molar-refractivity contribution < 1.29 is 19.7 Å². The van der Waals surface area contributed by atoms with Crippen molar-refractivity contribution in [2.24, 2.45) is 0 Å². The number of hydrogen-bond acceptors (Lipinski definition) is 4. The van der Waals surface area contributed by atoms with E-state index in [1.807, 2.05) is 44.2 Å². The van der Waals surface area contributed by atoms with Crippen molar-refractivity contribution in [3.8, 4) is 17.2 Å². The number of rotatable bonds is 6. The first kappa shape index (κ1) is 21.7. The molecule has 0 aromatic heterocycles. The number of benzene rings is 2. The van der Waals surface area contributed by atoms with Crippen LogP contribution in [0.3, 0.4) is 0 Å². The fraction of sp³-hybridized carbons (Fsp3) is 0.346. The molecule has 1 aliphatic rings. The summed E-state index contributed by atoms with van der Waals surface area (Å²) >= 11 is 0. The molecule has 4 heteroatoms. The monoisotopic (exact) mass is 406 g/mol. The molecule has 2 aromatic rings. The number of Topliss-reactive ketones (excluding diaryl/α,β-unsaturated/α-hetero) is 1. The van der Waals surface area contributed by atoms with E-state index in [1.54, 1.807) is 0 Å². The molecular weight excluding hydrogens is 376 g/mol. The minimum atomic E-state index is -0.424. The first-order valence-corrected chi connectivity index (χ1v) is 10.4. The fourth-order valence-corrected chi connectivity index (χ4v) is 3.64. The van der Waals surface area contributed by atoms with Gasteiger partial charge in [-0.15, -0.1) is 0 Å². The molecule has 1 atom stereocenters. The third kappa shape index (κ3) is 4.93. The molecule has 0 bridgehead atoms. The van der Waals surface area contributed by atoms with Gasteiger partial charge < -0.3 is 14.9 Å². The standard InChI is InChI=1S/C26H30O4/c1-16(2)6-5-7-17(3)10-13-20-21(27)14-24-25(26(20)29)22(28)15-23(30-24)19-11-8-18(4)9-12-19/h6,8-12,14,23,27,29H,5,7,13,15H2,1-4H3/b17-10+. The van der Waals surface area contributed by atoms with Crippen LogP contribution in [0.2, 0.25) is 0 Å². The summed E-state index contributed by atoms with van der Waals surface area (Å²) in [5.74, 6) is -0.174. The molecule has 2 N–H and O–H groups in total. The van der Waals surface area contributed by atoms with Crippen LogP contribution >= 0.6 is 0 Å². The van der Waals surface area contributed by atoms with Gasteiger partial charge >= 0.3 is 0 Å². The van der Waals surface area contributed by atoms with E-state index >= 15 is 0 Å². The maximum absolute atomic E-state index is 12.8. The Morgan fingerprint density at radius 3 is 2.50 bits per heavy atom. The van der Waals surface area contributed by atoms with Crippen LogP contribution in [0, 0.1) is 6.92 Å². The Morgan fingerprint density at radius 1 is 1.13 bits per heavy atom. The van der Waals surface area contributed by atoms with Gasteiger partial charge in [0.1, 0.15) is 28.9 Å². The van der Waals surface area contributed by atoms with Crippen LogP contribution in [-0.4, -0.2) is 16.0 Å². The van der Waals surface area contributed by atoms with E-state index in [-0.39, 0.29) is 35.0 Å². The second kappa shape index (κ2) is 9.21. The van der Waals surface area contributed by atoms with Crippen molar-refractivity contribution in [1.29, 1.82) is 0 Å². The summed E-state index contributed by atoms with van der Waals surface area (Å²) < 4.78 is 5.98. The highest BCUT2D eigenvalue weighted by Gasteiger charge is 2.32. The van der Waals surface area contributed by atoms with Crippen molar-refractivity contribution in [3.63, 3.8) is 0 Å². The summed E-state index contributed by atoms with van der Waals surface area (Å²) in [6.45, 7) is 8.18. The summed E-state index contributed by atoms with van der Waals surface area (Å²) in [6, 6.07) is 9.28. The van der Waals surface area contributed by atoms with Crippen LogP contribution in [0.4, 0.5) is 0 Å². The number of aryl methyl sites for hydroxylation is 1. The number of phenols is 2. The minimum absolute atomic E-state index is 0.0584. The SMILES string of the molecule is CC(C)=CCC/C(C)=C/Cc1c(O)cc2c(c1O)C(=O)CC(c1ccc(C)cc1)O2. The van der Waals surface area contributed by atoms with E-state index in [0.29, 0.717) is 12.0 Å². The summed E-state index contributed by atoms with van der Waals surface area (Å²) in [5, 5.41) is 21.2. The van der Waals surface area contributed by atoms with Gasteiger partial charge in [-0.3, -0.25) is 4.79 Å². The fourth-order valence-electron chi connectivity index (χ4n) is 3.64. The van der Waals surface area contributed by atoms with Crippen molar-refractivity contribution in [2.45, 2.75) is 59.5 Å². The van der Waals surface area contributed by atoms with Crippen LogP contribution in [0.15, 0.2) is 53.6 Å². The third-order valence-corrected chi connectivity index (χ3v) is 5.46. The number of hydrogen-bond donors (Lipinski definition) is 2. The average molecular weight is 407 g/mol. The van der Waals surface area contributed by atoms with E-state index in [0.717, 1.165) is 24.0 Å². The molecule has 0 fully saturated rings. The highest BCUT2D eigenvalue weighted by Crippen LogP contribution is 2.44. The maximum atomic E-state index is 12.8. The molecule has 1 heterocycles. The summed E-state index contributed by atoms with van der Waals surface area (Å²) in [6.07, 6.45) is 6.14. The Kier molecular flexibility index (Phi) is 6.66. The van der Waals surface area contributed by atoms with Crippen LogP contribution in [0.1, 0.15) is 73.2 Å². The predicted octanol–water partition coefficient (Wildman–Crippen LogP) is 6.35. The molecule has 0 radical (unpaired) electrons. The zero-order chi connectivity index (χ0) is 21.8. The number of ketones is 1. The van der Waals surface area contributed by atoms with Gasteiger partial charge in [0.15, 0.2) is 5.78 Å². The largest absolute Gasteiger partial charge is 0.507 e.